The van der Waals surface area contributed by atoms with Crippen LogP contribution in [0.25, 0.3) is 0 Å². The van der Waals surface area contributed by atoms with Gasteiger partial charge in [-0.1, -0.05) is 0 Å². The van der Waals surface area contributed by atoms with E-state index in [1.165, 1.54) is 15.9 Å². The van der Waals surface area contributed by atoms with Crippen LogP contribution < -0.4 is 4.90 Å². The molecule has 1 aliphatic heterocycles. The molecule has 1 aliphatic rings. The van der Waals surface area contributed by atoms with Crippen LogP contribution in [0.1, 0.15) is 5.56 Å². The Morgan fingerprint density at radius 3 is 2.69 bits per heavy atom. The van der Waals surface area contributed by atoms with Crippen molar-refractivity contribution in [1.82, 2.24) is 4.90 Å². The SMILES string of the molecule is CN1Cc2ccccc2N(C)C1=[Se]. The fourth-order valence-corrected chi connectivity index (χ4v) is 2.00. The van der Waals surface area contributed by atoms with Crippen molar-refractivity contribution >= 4 is 25.9 Å². The summed E-state index contributed by atoms with van der Waals surface area (Å²) in [5.41, 5.74) is 2.68. The van der Waals surface area contributed by atoms with Crippen LogP contribution in [0.2, 0.25) is 0 Å². The molecule has 1 aromatic carbocycles. The number of nitrogens with zero attached hydrogens (tertiary/aromatic N) is 2. The summed E-state index contributed by atoms with van der Waals surface area (Å²) in [6.45, 7) is 0.989. The average molecular weight is 239 g/mol. The first-order valence-electron chi connectivity index (χ1n) is 4.27. The van der Waals surface area contributed by atoms with Crippen LogP contribution in [0.4, 0.5) is 5.69 Å². The van der Waals surface area contributed by atoms with Crippen LogP contribution in [0, 0.1) is 0 Å². The van der Waals surface area contributed by atoms with E-state index in [0.717, 1.165) is 6.54 Å². The minimum absolute atomic E-state index is 0.989. The third-order valence-corrected chi connectivity index (χ3v) is 3.60. The van der Waals surface area contributed by atoms with E-state index in [4.69, 9.17) is 0 Å². The van der Waals surface area contributed by atoms with Crippen molar-refractivity contribution in [2.45, 2.75) is 6.54 Å². The van der Waals surface area contributed by atoms with Crippen molar-refractivity contribution in [3.05, 3.63) is 29.8 Å². The molecule has 1 aromatic rings. The molecule has 0 unspecified atom stereocenters. The molecule has 3 heteroatoms. The number of hydrogen-bond acceptors (Lipinski definition) is 2. The number of rotatable bonds is 0. The molecule has 0 saturated heterocycles. The van der Waals surface area contributed by atoms with Crippen molar-refractivity contribution in [1.29, 1.82) is 0 Å². The van der Waals surface area contributed by atoms with Crippen LogP contribution in [0.3, 0.4) is 0 Å². The first-order valence-corrected chi connectivity index (χ1v) is 5.12. The standard InChI is InChI=1S/C10H12N2Se/c1-11-7-8-5-3-4-6-9(8)12(2)10(11)13/h3-6H,7H2,1-2H3. The number of fused-ring (bicyclic) bond motifs is 1. The predicted molar refractivity (Wildman–Crippen MR) is 57.1 cm³/mol. The zero-order chi connectivity index (χ0) is 9.42. The van der Waals surface area contributed by atoms with Gasteiger partial charge in [-0.3, -0.25) is 0 Å². The Kier molecular flexibility index (Phi) is 2.14. The maximum atomic E-state index is 3.09. The first-order chi connectivity index (χ1) is 6.20. The summed E-state index contributed by atoms with van der Waals surface area (Å²) >= 11 is 3.09. The molecule has 2 nitrogen and oxygen atoms in total. The van der Waals surface area contributed by atoms with Gasteiger partial charge in [-0.2, -0.15) is 0 Å². The average Bonchev–Trinajstić information content (AvgIpc) is 2.15. The number of para-hydroxylation sites is 1. The zero-order valence-electron chi connectivity index (χ0n) is 7.82. The molecule has 0 bridgehead atoms. The van der Waals surface area contributed by atoms with E-state index < -0.39 is 0 Å². The third-order valence-electron chi connectivity index (χ3n) is 2.37. The van der Waals surface area contributed by atoms with Gasteiger partial charge in [0.05, 0.1) is 0 Å². The van der Waals surface area contributed by atoms with E-state index in [9.17, 15) is 0 Å². The van der Waals surface area contributed by atoms with Gasteiger partial charge in [-0.05, 0) is 0 Å². The Morgan fingerprint density at radius 2 is 1.92 bits per heavy atom. The van der Waals surface area contributed by atoms with E-state index in [0.29, 0.717) is 0 Å². The number of benzene rings is 1. The summed E-state index contributed by atoms with van der Waals surface area (Å²) in [7, 11) is 4.18. The van der Waals surface area contributed by atoms with Gasteiger partial charge < -0.3 is 0 Å². The summed E-state index contributed by atoms with van der Waals surface area (Å²) in [5.74, 6) is 0. The Balaban J connectivity index is 2.49. The van der Waals surface area contributed by atoms with Crippen molar-refractivity contribution in [3.63, 3.8) is 0 Å². The van der Waals surface area contributed by atoms with E-state index in [2.05, 4.69) is 63.7 Å². The number of anilines is 1. The molecular weight excluding hydrogens is 227 g/mol. The molecule has 68 valence electrons. The zero-order valence-corrected chi connectivity index (χ0v) is 9.53. The van der Waals surface area contributed by atoms with Crippen LogP contribution in [0.15, 0.2) is 24.3 Å². The normalized spacial score (nSPS) is 16.0. The second-order valence-electron chi connectivity index (χ2n) is 3.33. The molecule has 0 amide bonds. The molecular formula is C10H12N2Se. The van der Waals surface area contributed by atoms with Gasteiger partial charge in [0.2, 0.25) is 0 Å². The fourth-order valence-electron chi connectivity index (χ4n) is 1.65. The van der Waals surface area contributed by atoms with Gasteiger partial charge in [-0.25, -0.2) is 0 Å². The van der Waals surface area contributed by atoms with Gasteiger partial charge >= 0.3 is 86.2 Å². The van der Waals surface area contributed by atoms with Crippen LogP contribution >= 0.6 is 0 Å². The molecule has 13 heavy (non-hydrogen) atoms. The van der Waals surface area contributed by atoms with Crippen LogP contribution in [-0.4, -0.2) is 39.2 Å². The summed E-state index contributed by atoms with van der Waals surface area (Å²) in [4.78, 5) is 4.39. The Labute approximate surface area is 86.5 Å². The van der Waals surface area contributed by atoms with Crippen molar-refractivity contribution in [2.24, 2.45) is 0 Å². The number of hydrogen-bond donors (Lipinski definition) is 0. The molecule has 0 aliphatic carbocycles. The van der Waals surface area contributed by atoms with Crippen molar-refractivity contribution in [2.75, 3.05) is 19.0 Å². The monoisotopic (exact) mass is 240 g/mol. The molecule has 0 aromatic heterocycles. The Bertz CT molecular complexity index is 349. The van der Waals surface area contributed by atoms with Gasteiger partial charge in [0.15, 0.2) is 0 Å². The minimum atomic E-state index is 0.989. The van der Waals surface area contributed by atoms with Crippen molar-refractivity contribution < 1.29 is 0 Å². The van der Waals surface area contributed by atoms with Crippen LogP contribution in [0.5, 0.6) is 0 Å². The van der Waals surface area contributed by atoms with Gasteiger partial charge in [0, 0.05) is 0 Å². The molecule has 0 spiro atoms. The second-order valence-corrected chi connectivity index (χ2v) is 4.09. The summed E-state index contributed by atoms with van der Waals surface area (Å²) in [6, 6.07) is 8.49. The second kappa shape index (κ2) is 3.17. The van der Waals surface area contributed by atoms with Gasteiger partial charge in [-0.15, -0.1) is 0 Å². The predicted octanol–water partition coefficient (Wildman–Crippen LogP) is 0.824. The molecule has 0 saturated carbocycles. The van der Waals surface area contributed by atoms with E-state index in [1.807, 2.05) is 0 Å². The molecule has 0 radical (unpaired) electrons. The maximum absolute atomic E-state index is 3.09. The van der Waals surface area contributed by atoms with E-state index >= 15 is 0 Å². The molecule has 2 rings (SSSR count). The third kappa shape index (κ3) is 1.38. The van der Waals surface area contributed by atoms with Crippen molar-refractivity contribution in [3.8, 4) is 0 Å². The Hall–Kier alpha value is -0.791. The van der Waals surface area contributed by atoms with Gasteiger partial charge in [0.1, 0.15) is 0 Å². The fraction of sp³-hybridized carbons (Fsp3) is 0.300. The van der Waals surface area contributed by atoms with E-state index in [-0.39, 0.29) is 0 Å². The quantitative estimate of drug-likeness (QED) is 0.618. The summed E-state index contributed by atoms with van der Waals surface area (Å²) < 4.78 is 1.18. The summed E-state index contributed by atoms with van der Waals surface area (Å²) in [6.07, 6.45) is 0. The Morgan fingerprint density at radius 1 is 1.23 bits per heavy atom. The topological polar surface area (TPSA) is 6.48 Å². The molecule has 0 N–H and O–H groups in total. The van der Waals surface area contributed by atoms with Crippen LogP contribution in [-0.2, 0) is 6.54 Å². The molecule has 0 fully saturated rings. The first kappa shape index (κ1) is 8.79. The van der Waals surface area contributed by atoms with E-state index in [1.54, 1.807) is 0 Å². The molecule has 0 atom stereocenters. The van der Waals surface area contributed by atoms with Gasteiger partial charge in [0.25, 0.3) is 0 Å². The molecule has 1 heterocycles. The summed E-state index contributed by atoms with van der Waals surface area (Å²) in [5, 5.41) is 0.